The van der Waals surface area contributed by atoms with Crippen molar-refractivity contribution in [3.8, 4) is 0 Å². The highest BCUT2D eigenvalue weighted by Crippen LogP contribution is 2.36. The molecule has 2 rings (SSSR count). The number of aromatic nitrogens is 1. The number of carboxylic acids is 1. The van der Waals surface area contributed by atoms with Crippen LogP contribution in [-0.4, -0.2) is 16.1 Å². The summed E-state index contributed by atoms with van der Waals surface area (Å²) >= 11 is 0.874. The number of hydrogen-bond donors (Lipinski definition) is 1. The Morgan fingerprint density at radius 3 is 2.63 bits per heavy atom. The van der Waals surface area contributed by atoms with Gasteiger partial charge >= 0.3 is 12.1 Å². The second-order valence-electron chi connectivity index (χ2n) is 3.41. The van der Waals surface area contributed by atoms with Crippen LogP contribution < -0.4 is 0 Å². The van der Waals surface area contributed by atoms with E-state index in [1.807, 2.05) is 0 Å². The second kappa shape index (κ2) is 4.96. The van der Waals surface area contributed by atoms with E-state index in [2.05, 4.69) is 4.98 Å². The highest BCUT2D eigenvalue weighted by molar-refractivity contribution is 7.99. The summed E-state index contributed by atoms with van der Waals surface area (Å²) in [6, 6.07) is 2.95. The third-order valence-corrected chi connectivity index (χ3v) is 3.01. The maximum absolute atomic E-state index is 12.8. The van der Waals surface area contributed by atoms with E-state index in [-0.39, 0.29) is 10.1 Å². The second-order valence-corrected chi connectivity index (χ2v) is 4.44. The van der Waals surface area contributed by atoms with Gasteiger partial charge in [0.15, 0.2) is 0 Å². The largest absolute Gasteiger partial charge is 0.478 e. The number of aromatic carboxylic acids is 1. The Bertz CT molecular complexity index is 596. The molecule has 2 aromatic rings. The SMILES string of the molecule is O=C(O)c1ccc(Sc2ncco2)cc1C(F)(F)F. The molecule has 0 aliphatic heterocycles. The van der Waals surface area contributed by atoms with Gasteiger partial charge in [-0.3, -0.25) is 0 Å². The molecule has 1 heterocycles. The number of alkyl halides is 3. The lowest BCUT2D eigenvalue weighted by atomic mass is 10.1. The summed E-state index contributed by atoms with van der Waals surface area (Å²) in [6.45, 7) is 0. The van der Waals surface area contributed by atoms with Crippen molar-refractivity contribution in [2.75, 3.05) is 0 Å². The molecular weight excluding hydrogens is 283 g/mol. The lowest BCUT2D eigenvalue weighted by molar-refractivity contribution is -0.138. The number of benzene rings is 1. The molecule has 19 heavy (non-hydrogen) atoms. The number of carboxylic acid groups (broad SMARTS) is 1. The van der Waals surface area contributed by atoms with Crippen molar-refractivity contribution in [1.29, 1.82) is 0 Å². The van der Waals surface area contributed by atoms with Gasteiger partial charge in [-0.25, -0.2) is 9.78 Å². The molecule has 1 N–H and O–H groups in total. The average Bonchev–Trinajstić information content (AvgIpc) is 2.80. The van der Waals surface area contributed by atoms with Crippen molar-refractivity contribution in [2.45, 2.75) is 16.3 Å². The smallest absolute Gasteiger partial charge is 0.417 e. The fraction of sp³-hybridized carbons (Fsp3) is 0.0909. The van der Waals surface area contributed by atoms with Crippen LogP contribution in [0.4, 0.5) is 13.2 Å². The van der Waals surface area contributed by atoms with Gasteiger partial charge in [0.05, 0.1) is 17.3 Å². The van der Waals surface area contributed by atoms with Crippen LogP contribution in [0.2, 0.25) is 0 Å². The summed E-state index contributed by atoms with van der Waals surface area (Å²) in [7, 11) is 0. The van der Waals surface area contributed by atoms with Crippen molar-refractivity contribution in [2.24, 2.45) is 0 Å². The number of nitrogens with zero attached hydrogens (tertiary/aromatic N) is 1. The number of hydrogen-bond acceptors (Lipinski definition) is 4. The first-order chi connectivity index (χ1) is 8.88. The van der Waals surface area contributed by atoms with Crippen LogP contribution in [0.25, 0.3) is 0 Å². The molecule has 8 heteroatoms. The first kappa shape index (κ1) is 13.5. The first-order valence-corrected chi connectivity index (χ1v) is 5.71. The van der Waals surface area contributed by atoms with E-state index in [9.17, 15) is 18.0 Å². The first-order valence-electron chi connectivity index (χ1n) is 4.90. The summed E-state index contributed by atoms with van der Waals surface area (Å²) in [6.07, 6.45) is -2.09. The Hall–Kier alpha value is -1.96. The van der Waals surface area contributed by atoms with Gasteiger partial charge in [-0.15, -0.1) is 0 Å². The highest BCUT2D eigenvalue weighted by Gasteiger charge is 2.35. The molecule has 1 aromatic carbocycles. The predicted octanol–water partition coefficient (Wildman–Crippen LogP) is 3.54. The molecule has 4 nitrogen and oxygen atoms in total. The molecule has 0 aliphatic rings. The third-order valence-electron chi connectivity index (χ3n) is 2.14. The maximum atomic E-state index is 12.8. The van der Waals surface area contributed by atoms with Crippen LogP contribution in [-0.2, 0) is 6.18 Å². The summed E-state index contributed by atoms with van der Waals surface area (Å²) in [4.78, 5) is 14.7. The Morgan fingerprint density at radius 1 is 1.37 bits per heavy atom. The Labute approximate surface area is 109 Å². The fourth-order valence-corrected chi connectivity index (χ4v) is 2.10. The minimum Gasteiger partial charge on any atom is -0.478 e. The van der Waals surface area contributed by atoms with E-state index in [4.69, 9.17) is 9.52 Å². The molecule has 0 unspecified atom stereocenters. The van der Waals surface area contributed by atoms with E-state index in [0.717, 1.165) is 23.9 Å². The molecule has 0 atom stereocenters. The van der Waals surface area contributed by atoms with Crippen LogP contribution in [0.15, 0.2) is 45.2 Å². The maximum Gasteiger partial charge on any atom is 0.417 e. The van der Waals surface area contributed by atoms with Gasteiger partial charge in [0, 0.05) is 4.90 Å². The minimum absolute atomic E-state index is 0.177. The summed E-state index contributed by atoms with van der Waals surface area (Å²) in [5, 5.41) is 8.92. The van der Waals surface area contributed by atoms with Gasteiger partial charge in [-0.2, -0.15) is 13.2 Å². The van der Waals surface area contributed by atoms with Crippen molar-refractivity contribution < 1.29 is 27.5 Å². The summed E-state index contributed by atoms with van der Waals surface area (Å²) in [5.41, 5.74) is -1.99. The lowest BCUT2D eigenvalue weighted by Gasteiger charge is -2.11. The van der Waals surface area contributed by atoms with E-state index >= 15 is 0 Å². The zero-order valence-corrected chi connectivity index (χ0v) is 9.96. The molecule has 0 aliphatic carbocycles. The quantitative estimate of drug-likeness (QED) is 0.936. The topological polar surface area (TPSA) is 63.3 Å². The van der Waals surface area contributed by atoms with Gasteiger partial charge in [0.25, 0.3) is 5.22 Å². The van der Waals surface area contributed by atoms with Gasteiger partial charge in [-0.1, -0.05) is 0 Å². The molecule has 0 saturated carbocycles. The number of rotatable bonds is 3. The van der Waals surface area contributed by atoms with Gasteiger partial charge in [-0.05, 0) is 30.0 Å². The highest BCUT2D eigenvalue weighted by atomic mass is 32.2. The van der Waals surface area contributed by atoms with E-state index in [0.29, 0.717) is 0 Å². The minimum atomic E-state index is -4.74. The third kappa shape index (κ3) is 3.08. The summed E-state index contributed by atoms with van der Waals surface area (Å²) < 4.78 is 43.2. The van der Waals surface area contributed by atoms with Crippen molar-refractivity contribution in [3.63, 3.8) is 0 Å². The zero-order chi connectivity index (χ0) is 14.0. The normalized spacial score (nSPS) is 11.5. The van der Waals surface area contributed by atoms with Crippen LogP contribution in [0.3, 0.4) is 0 Å². The number of oxazole rings is 1. The van der Waals surface area contributed by atoms with Crippen LogP contribution in [0.1, 0.15) is 15.9 Å². The molecule has 100 valence electrons. The van der Waals surface area contributed by atoms with Crippen molar-refractivity contribution in [3.05, 3.63) is 41.8 Å². The monoisotopic (exact) mass is 289 g/mol. The standard InChI is InChI=1S/C11H6F3NO3S/c12-11(13,14)8-5-6(1-2-7(8)9(16)17)19-10-15-3-4-18-10/h1-5H,(H,16,17). The molecule has 0 amide bonds. The van der Waals surface area contributed by atoms with Crippen LogP contribution in [0.5, 0.6) is 0 Å². The van der Waals surface area contributed by atoms with Gasteiger partial charge in [0.2, 0.25) is 0 Å². The average molecular weight is 289 g/mol. The molecular formula is C11H6F3NO3S. The van der Waals surface area contributed by atoms with E-state index in [1.54, 1.807) is 0 Å². The summed E-state index contributed by atoms with van der Waals surface area (Å²) in [5.74, 6) is -1.63. The molecule has 0 saturated heterocycles. The molecule has 0 fully saturated rings. The fourth-order valence-electron chi connectivity index (χ4n) is 1.37. The van der Waals surface area contributed by atoms with Gasteiger partial charge < -0.3 is 9.52 Å². The van der Waals surface area contributed by atoms with Crippen LogP contribution in [0, 0.1) is 0 Å². The Kier molecular flexibility index (Phi) is 3.52. The molecule has 0 spiro atoms. The predicted molar refractivity (Wildman–Crippen MR) is 59.0 cm³/mol. The molecule has 0 bridgehead atoms. The lowest BCUT2D eigenvalue weighted by Crippen LogP contribution is -2.12. The van der Waals surface area contributed by atoms with Crippen molar-refractivity contribution in [1.82, 2.24) is 4.98 Å². The molecule has 0 radical (unpaired) electrons. The zero-order valence-electron chi connectivity index (χ0n) is 9.14. The number of carbonyl (C=O) groups is 1. The Morgan fingerprint density at radius 2 is 2.11 bits per heavy atom. The Balaban J connectivity index is 2.41. The van der Waals surface area contributed by atoms with E-state index in [1.165, 1.54) is 18.5 Å². The number of halogens is 3. The van der Waals surface area contributed by atoms with E-state index < -0.39 is 23.3 Å². The van der Waals surface area contributed by atoms with Crippen molar-refractivity contribution >= 4 is 17.7 Å². The van der Waals surface area contributed by atoms with Gasteiger partial charge in [0.1, 0.15) is 6.26 Å². The van der Waals surface area contributed by atoms with Crippen LogP contribution >= 0.6 is 11.8 Å². The molecule has 1 aromatic heterocycles.